The summed E-state index contributed by atoms with van der Waals surface area (Å²) in [5.74, 6) is 1.66. The van der Waals surface area contributed by atoms with Gasteiger partial charge in [-0.25, -0.2) is 9.97 Å². The molecule has 0 saturated carbocycles. The first-order chi connectivity index (χ1) is 8.81. The van der Waals surface area contributed by atoms with Gasteiger partial charge in [0.15, 0.2) is 0 Å². The molecule has 0 aromatic carbocycles. The van der Waals surface area contributed by atoms with Gasteiger partial charge in [-0.2, -0.15) is 0 Å². The summed E-state index contributed by atoms with van der Waals surface area (Å²) >= 11 is 0. The van der Waals surface area contributed by atoms with Crippen molar-refractivity contribution in [1.29, 1.82) is 0 Å². The molecule has 5 heteroatoms. The standard InChI is InChI=1S/C13H20N4O/c1-3-5-14-6-11-8-17(10-16-11)9-13-15-7-12(4-2)18-13/h7-8,10,14H,3-6,9H2,1-2H3. The summed E-state index contributed by atoms with van der Waals surface area (Å²) in [5, 5.41) is 3.33. The normalized spacial score (nSPS) is 11.0. The third-order valence-electron chi connectivity index (χ3n) is 2.69. The zero-order valence-electron chi connectivity index (χ0n) is 11.0. The van der Waals surface area contributed by atoms with E-state index in [2.05, 4.69) is 29.1 Å². The van der Waals surface area contributed by atoms with Crippen LogP contribution in [0.5, 0.6) is 0 Å². The molecule has 0 aliphatic heterocycles. The molecular formula is C13H20N4O. The van der Waals surface area contributed by atoms with E-state index in [9.17, 15) is 0 Å². The average molecular weight is 248 g/mol. The van der Waals surface area contributed by atoms with Gasteiger partial charge in [0.2, 0.25) is 5.89 Å². The largest absolute Gasteiger partial charge is 0.444 e. The van der Waals surface area contributed by atoms with Gasteiger partial charge in [0, 0.05) is 19.2 Å². The van der Waals surface area contributed by atoms with Gasteiger partial charge in [-0.3, -0.25) is 0 Å². The molecule has 0 saturated heterocycles. The Labute approximate surface area is 107 Å². The highest BCUT2D eigenvalue weighted by molar-refractivity contribution is 4.99. The molecule has 1 N–H and O–H groups in total. The number of nitrogens with one attached hydrogen (secondary N) is 1. The number of aromatic nitrogens is 3. The summed E-state index contributed by atoms with van der Waals surface area (Å²) in [6, 6.07) is 0. The van der Waals surface area contributed by atoms with Crippen LogP contribution in [-0.4, -0.2) is 21.1 Å². The highest BCUT2D eigenvalue weighted by Crippen LogP contribution is 2.06. The van der Waals surface area contributed by atoms with Crippen molar-refractivity contribution in [3.63, 3.8) is 0 Å². The van der Waals surface area contributed by atoms with Crippen molar-refractivity contribution in [2.45, 2.75) is 39.8 Å². The first-order valence-electron chi connectivity index (χ1n) is 6.46. The van der Waals surface area contributed by atoms with Gasteiger partial charge in [0.1, 0.15) is 12.3 Å². The molecule has 0 unspecified atom stereocenters. The van der Waals surface area contributed by atoms with Crippen molar-refractivity contribution in [3.8, 4) is 0 Å². The predicted octanol–water partition coefficient (Wildman–Crippen LogP) is 1.98. The zero-order valence-corrected chi connectivity index (χ0v) is 11.0. The van der Waals surface area contributed by atoms with E-state index in [1.54, 1.807) is 6.20 Å². The molecule has 98 valence electrons. The minimum absolute atomic E-state index is 0.640. The molecular weight excluding hydrogens is 228 g/mol. The highest BCUT2D eigenvalue weighted by atomic mass is 16.4. The van der Waals surface area contributed by atoms with Crippen LogP contribution in [0, 0.1) is 0 Å². The quantitative estimate of drug-likeness (QED) is 0.761. The lowest BCUT2D eigenvalue weighted by Crippen LogP contribution is -2.13. The van der Waals surface area contributed by atoms with E-state index in [0.29, 0.717) is 6.54 Å². The lowest BCUT2D eigenvalue weighted by atomic mass is 10.4. The van der Waals surface area contributed by atoms with Gasteiger partial charge >= 0.3 is 0 Å². The van der Waals surface area contributed by atoms with E-state index in [1.807, 2.05) is 17.1 Å². The van der Waals surface area contributed by atoms with Crippen molar-refractivity contribution >= 4 is 0 Å². The Morgan fingerprint density at radius 3 is 2.94 bits per heavy atom. The Morgan fingerprint density at radius 2 is 2.22 bits per heavy atom. The third kappa shape index (κ3) is 3.43. The molecule has 5 nitrogen and oxygen atoms in total. The molecule has 0 amide bonds. The molecule has 18 heavy (non-hydrogen) atoms. The van der Waals surface area contributed by atoms with Crippen molar-refractivity contribution < 1.29 is 4.42 Å². The van der Waals surface area contributed by atoms with Crippen LogP contribution in [-0.2, 0) is 19.5 Å². The average Bonchev–Trinajstić information content (AvgIpc) is 3.00. The van der Waals surface area contributed by atoms with Crippen LogP contribution in [0.3, 0.4) is 0 Å². The monoisotopic (exact) mass is 248 g/mol. The smallest absolute Gasteiger partial charge is 0.214 e. The minimum atomic E-state index is 0.640. The lowest BCUT2D eigenvalue weighted by Gasteiger charge is -1.99. The Kier molecular flexibility index (Phi) is 4.52. The van der Waals surface area contributed by atoms with Gasteiger partial charge in [-0.05, 0) is 13.0 Å². The SMILES string of the molecule is CCCNCc1cn(Cc2ncc(CC)o2)cn1. The summed E-state index contributed by atoms with van der Waals surface area (Å²) in [6.45, 7) is 6.68. The maximum absolute atomic E-state index is 5.57. The molecule has 2 aromatic heterocycles. The van der Waals surface area contributed by atoms with E-state index >= 15 is 0 Å². The fraction of sp³-hybridized carbons (Fsp3) is 0.538. The minimum Gasteiger partial charge on any atom is -0.444 e. The topological polar surface area (TPSA) is 55.9 Å². The van der Waals surface area contributed by atoms with Crippen LogP contribution in [0.15, 0.2) is 23.1 Å². The first kappa shape index (κ1) is 12.8. The van der Waals surface area contributed by atoms with Crippen molar-refractivity contribution in [2.75, 3.05) is 6.54 Å². The first-order valence-corrected chi connectivity index (χ1v) is 6.46. The Bertz CT molecular complexity index is 475. The Morgan fingerprint density at radius 1 is 1.33 bits per heavy atom. The lowest BCUT2D eigenvalue weighted by molar-refractivity contribution is 0.446. The summed E-state index contributed by atoms with van der Waals surface area (Å²) in [5.41, 5.74) is 1.05. The van der Waals surface area contributed by atoms with E-state index in [4.69, 9.17) is 4.42 Å². The summed E-state index contributed by atoms with van der Waals surface area (Å²) in [7, 11) is 0. The molecule has 2 heterocycles. The number of nitrogens with zero attached hydrogens (tertiary/aromatic N) is 3. The number of hydrogen-bond donors (Lipinski definition) is 1. The van der Waals surface area contributed by atoms with E-state index in [1.165, 1.54) is 0 Å². The molecule has 2 rings (SSSR count). The Balaban J connectivity index is 1.89. The van der Waals surface area contributed by atoms with Crippen LogP contribution in [0.25, 0.3) is 0 Å². The molecule has 2 aromatic rings. The highest BCUT2D eigenvalue weighted by Gasteiger charge is 2.04. The van der Waals surface area contributed by atoms with Crippen LogP contribution in [0.1, 0.15) is 37.6 Å². The maximum atomic E-state index is 5.57. The van der Waals surface area contributed by atoms with Crippen LogP contribution >= 0.6 is 0 Å². The molecule has 0 atom stereocenters. The van der Waals surface area contributed by atoms with Crippen molar-refractivity contribution in [2.24, 2.45) is 0 Å². The molecule has 0 bridgehead atoms. The van der Waals surface area contributed by atoms with Gasteiger partial charge < -0.3 is 14.3 Å². The van der Waals surface area contributed by atoms with Crippen molar-refractivity contribution in [1.82, 2.24) is 19.9 Å². The number of rotatable bonds is 7. The van der Waals surface area contributed by atoms with Crippen LogP contribution in [0.4, 0.5) is 0 Å². The number of oxazole rings is 1. The fourth-order valence-electron chi connectivity index (χ4n) is 1.72. The predicted molar refractivity (Wildman–Crippen MR) is 69.2 cm³/mol. The van der Waals surface area contributed by atoms with Crippen LogP contribution < -0.4 is 5.32 Å². The molecule has 0 spiro atoms. The molecule has 0 aliphatic rings. The summed E-state index contributed by atoms with van der Waals surface area (Å²) < 4.78 is 7.56. The second kappa shape index (κ2) is 6.35. The summed E-state index contributed by atoms with van der Waals surface area (Å²) in [4.78, 5) is 8.58. The van der Waals surface area contributed by atoms with E-state index < -0.39 is 0 Å². The number of hydrogen-bond acceptors (Lipinski definition) is 4. The van der Waals surface area contributed by atoms with E-state index in [0.717, 1.165) is 43.3 Å². The van der Waals surface area contributed by atoms with Crippen molar-refractivity contribution in [3.05, 3.63) is 36.1 Å². The number of aryl methyl sites for hydroxylation is 1. The summed E-state index contributed by atoms with van der Waals surface area (Å²) in [6.07, 6.45) is 7.65. The van der Waals surface area contributed by atoms with Gasteiger partial charge in [-0.1, -0.05) is 13.8 Å². The van der Waals surface area contributed by atoms with Gasteiger partial charge in [0.25, 0.3) is 0 Å². The van der Waals surface area contributed by atoms with Crippen LogP contribution in [0.2, 0.25) is 0 Å². The second-order valence-corrected chi connectivity index (χ2v) is 4.29. The maximum Gasteiger partial charge on any atom is 0.214 e. The third-order valence-corrected chi connectivity index (χ3v) is 2.69. The molecule has 0 aliphatic carbocycles. The fourth-order valence-corrected chi connectivity index (χ4v) is 1.72. The second-order valence-electron chi connectivity index (χ2n) is 4.29. The molecule has 0 fully saturated rings. The Hall–Kier alpha value is -1.62. The number of imidazole rings is 1. The van der Waals surface area contributed by atoms with E-state index in [-0.39, 0.29) is 0 Å². The zero-order chi connectivity index (χ0) is 12.8. The van der Waals surface area contributed by atoms with Gasteiger partial charge in [-0.15, -0.1) is 0 Å². The van der Waals surface area contributed by atoms with Gasteiger partial charge in [0.05, 0.1) is 18.2 Å². The molecule has 0 radical (unpaired) electrons.